The lowest BCUT2D eigenvalue weighted by molar-refractivity contribution is 0.200. The summed E-state index contributed by atoms with van der Waals surface area (Å²) in [5.41, 5.74) is 7.45. The second-order valence-electron chi connectivity index (χ2n) is 3.58. The van der Waals surface area contributed by atoms with Gasteiger partial charge in [0, 0.05) is 25.0 Å². The fraction of sp³-hybridized carbons (Fsp3) is 0.417. The number of benzene rings is 1. The van der Waals surface area contributed by atoms with Crippen LogP contribution in [0.5, 0.6) is 0 Å². The monoisotopic (exact) mass is 254 g/mol. The Balaban J connectivity index is 2.35. The second kappa shape index (κ2) is 7.97. The van der Waals surface area contributed by atoms with Crippen molar-refractivity contribution in [1.82, 2.24) is 0 Å². The summed E-state index contributed by atoms with van der Waals surface area (Å²) in [7, 11) is 1.72. The molecule has 0 saturated carbocycles. The number of hydrogen-bond acceptors (Lipinski definition) is 4. The Hall–Kier alpha value is -1.20. The Kier molecular flexibility index (Phi) is 6.50. The second-order valence-corrected chi connectivity index (χ2v) is 4.69. The molecule has 0 aliphatic rings. The van der Waals surface area contributed by atoms with Crippen LogP contribution in [0.3, 0.4) is 0 Å². The average Bonchev–Trinajstić information content (AvgIpc) is 2.38. The summed E-state index contributed by atoms with van der Waals surface area (Å²) in [6.45, 7) is 0.815. The van der Waals surface area contributed by atoms with Crippen LogP contribution in [0.1, 0.15) is 17.5 Å². The van der Waals surface area contributed by atoms with E-state index in [4.69, 9.17) is 15.7 Å². The molecule has 0 bridgehead atoms. The van der Waals surface area contributed by atoms with E-state index in [1.165, 1.54) is 5.56 Å². The minimum atomic E-state index is 0.143. The highest BCUT2D eigenvalue weighted by atomic mass is 32.2. The topological polar surface area (TPSA) is 67.8 Å². The van der Waals surface area contributed by atoms with Crippen molar-refractivity contribution in [2.24, 2.45) is 10.9 Å². The first kappa shape index (κ1) is 13.9. The Morgan fingerprint density at radius 2 is 2.12 bits per heavy atom. The van der Waals surface area contributed by atoms with Gasteiger partial charge in [0.15, 0.2) is 5.84 Å². The van der Waals surface area contributed by atoms with Gasteiger partial charge in [-0.25, -0.2) is 0 Å². The molecule has 0 atom stereocenters. The molecule has 1 aromatic carbocycles. The molecular weight excluding hydrogens is 236 g/mol. The highest BCUT2D eigenvalue weighted by Gasteiger charge is 1.99. The predicted molar refractivity (Wildman–Crippen MR) is 71.6 cm³/mol. The first-order valence-electron chi connectivity index (χ1n) is 5.41. The molecule has 0 aliphatic carbocycles. The van der Waals surface area contributed by atoms with Crippen molar-refractivity contribution in [3.63, 3.8) is 0 Å². The lowest BCUT2D eigenvalue weighted by atomic mass is 10.1. The first-order valence-corrected chi connectivity index (χ1v) is 6.57. The highest BCUT2D eigenvalue weighted by molar-refractivity contribution is 7.98. The van der Waals surface area contributed by atoms with E-state index in [1.54, 1.807) is 7.11 Å². The van der Waals surface area contributed by atoms with Gasteiger partial charge in [-0.1, -0.05) is 29.4 Å². The molecule has 0 spiro atoms. The summed E-state index contributed by atoms with van der Waals surface area (Å²) in [6, 6.07) is 7.72. The maximum absolute atomic E-state index is 8.53. The maximum atomic E-state index is 8.53. The standard InChI is InChI=1S/C12H18N2O2S/c1-16-7-2-8-17-9-10-3-5-11(6-4-10)12(13)14-15/h3-6,15H,2,7-9H2,1H3,(H2,13,14). The van der Waals surface area contributed by atoms with Crippen LogP contribution in [-0.2, 0) is 10.5 Å². The van der Waals surface area contributed by atoms with Crippen LogP contribution in [0.15, 0.2) is 29.4 Å². The van der Waals surface area contributed by atoms with Gasteiger partial charge in [-0.2, -0.15) is 11.8 Å². The molecule has 5 heteroatoms. The molecule has 4 nitrogen and oxygen atoms in total. The van der Waals surface area contributed by atoms with Crippen molar-refractivity contribution in [3.8, 4) is 0 Å². The van der Waals surface area contributed by atoms with Crippen LogP contribution in [0.25, 0.3) is 0 Å². The third-order valence-electron chi connectivity index (χ3n) is 2.26. The number of hydrogen-bond donors (Lipinski definition) is 2. The molecule has 0 fully saturated rings. The zero-order valence-electron chi connectivity index (χ0n) is 9.93. The molecular formula is C12H18N2O2S. The van der Waals surface area contributed by atoms with Crippen LogP contribution >= 0.6 is 11.8 Å². The van der Waals surface area contributed by atoms with E-state index >= 15 is 0 Å². The van der Waals surface area contributed by atoms with Crippen LogP contribution in [-0.4, -0.2) is 30.5 Å². The summed E-state index contributed by atoms with van der Waals surface area (Å²) < 4.78 is 4.98. The van der Waals surface area contributed by atoms with Gasteiger partial charge in [-0.3, -0.25) is 0 Å². The van der Waals surface area contributed by atoms with E-state index in [-0.39, 0.29) is 5.84 Å². The van der Waals surface area contributed by atoms with Gasteiger partial charge in [0.05, 0.1) is 0 Å². The number of nitrogens with two attached hydrogens (primary N) is 1. The summed E-state index contributed by atoms with van der Waals surface area (Å²) in [5.74, 6) is 2.21. The maximum Gasteiger partial charge on any atom is 0.170 e. The van der Waals surface area contributed by atoms with Crippen molar-refractivity contribution in [2.45, 2.75) is 12.2 Å². The fourth-order valence-corrected chi connectivity index (χ4v) is 2.22. The third-order valence-corrected chi connectivity index (χ3v) is 3.38. The number of ether oxygens (including phenoxy) is 1. The first-order chi connectivity index (χ1) is 8.27. The van der Waals surface area contributed by atoms with Crippen molar-refractivity contribution in [3.05, 3.63) is 35.4 Å². The number of nitrogens with zero attached hydrogens (tertiary/aromatic N) is 1. The SMILES string of the molecule is COCCCSCc1ccc(C(N)=NO)cc1. The molecule has 0 heterocycles. The minimum absolute atomic E-state index is 0.143. The Bertz CT molecular complexity index is 352. The lowest BCUT2D eigenvalue weighted by Gasteiger charge is -2.03. The molecule has 1 rings (SSSR count). The largest absolute Gasteiger partial charge is 0.409 e. The number of thioether (sulfide) groups is 1. The number of methoxy groups -OCH3 is 1. The van der Waals surface area contributed by atoms with Crippen molar-refractivity contribution >= 4 is 17.6 Å². The van der Waals surface area contributed by atoms with Gasteiger partial charge >= 0.3 is 0 Å². The van der Waals surface area contributed by atoms with Gasteiger partial charge in [0.2, 0.25) is 0 Å². The van der Waals surface area contributed by atoms with Gasteiger partial charge in [-0.15, -0.1) is 0 Å². The zero-order valence-corrected chi connectivity index (χ0v) is 10.7. The normalized spacial score (nSPS) is 11.7. The van der Waals surface area contributed by atoms with Crippen LogP contribution in [0.4, 0.5) is 0 Å². The molecule has 0 aliphatic heterocycles. The summed E-state index contributed by atoms with van der Waals surface area (Å²) in [5, 5.41) is 11.5. The van der Waals surface area contributed by atoms with E-state index in [0.717, 1.165) is 30.1 Å². The van der Waals surface area contributed by atoms with Crippen molar-refractivity contribution < 1.29 is 9.94 Å². The van der Waals surface area contributed by atoms with Gasteiger partial charge in [0.1, 0.15) is 0 Å². The zero-order chi connectivity index (χ0) is 12.5. The quantitative estimate of drug-likeness (QED) is 0.257. The molecule has 0 aromatic heterocycles. The van der Waals surface area contributed by atoms with E-state index in [2.05, 4.69) is 5.16 Å². The molecule has 0 amide bonds. The van der Waals surface area contributed by atoms with Gasteiger partial charge < -0.3 is 15.7 Å². The van der Waals surface area contributed by atoms with Crippen LogP contribution < -0.4 is 5.73 Å². The molecule has 0 unspecified atom stereocenters. The average molecular weight is 254 g/mol. The van der Waals surface area contributed by atoms with Crippen LogP contribution in [0, 0.1) is 0 Å². The molecule has 1 aromatic rings. The van der Waals surface area contributed by atoms with Gasteiger partial charge in [-0.05, 0) is 17.7 Å². The van der Waals surface area contributed by atoms with E-state index in [1.807, 2.05) is 36.0 Å². The fourth-order valence-electron chi connectivity index (χ4n) is 1.32. The Morgan fingerprint density at radius 3 is 2.71 bits per heavy atom. The predicted octanol–water partition coefficient (Wildman–Crippen LogP) is 2.05. The van der Waals surface area contributed by atoms with Crippen molar-refractivity contribution in [2.75, 3.05) is 19.5 Å². The Labute approximate surface area is 106 Å². The molecule has 0 radical (unpaired) electrons. The van der Waals surface area contributed by atoms with Crippen LogP contribution in [0.2, 0.25) is 0 Å². The Morgan fingerprint density at radius 1 is 1.41 bits per heavy atom. The number of rotatable bonds is 7. The smallest absolute Gasteiger partial charge is 0.170 e. The van der Waals surface area contributed by atoms with Crippen molar-refractivity contribution in [1.29, 1.82) is 0 Å². The summed E-state index contributed by atoms with van der Waals surface area (Å²) in [6.07, 6.45) is 1.07. The third kappa shape index (κ3) is 5.10. The highest BCUT2D eigenvalue weighted by Crippen LogP contribution is 2.14. The van der Waals surface area contributed by atoms with E-state index < -0.39 is 0 Å². The minimum Gasteiger partial charge on any atom is -0.409 e. The molecule has 0 saturated heterocycles. The number of oxime groups is 1. The molecule has 17 heavy (non-hydrogen) atoms. The summed E-state index contributed by atoms with van der Waals surface area (Å²) >= 11 is 1.88. The van der Waals surface area contributed by atoms with E-state index in [9.17, 15) is 0 Å². The van der Waals surface area contributed by atoms with E-state index in [0.29, 0.717) is 0 Å². The number of amidine groups is 1. The molecule has 3 N–H and O–H groups in total. The lowest BCUT2D eigenvalue weighted by Crippen LogP contribution is -2.12. The summed E-state index contributed by atoms with van der Waals surface area (Å²) in [4.78, 5) is 0. The molecule has 94 valence electrons. The van der Waals surface area contributed by atoms with Gasteiger partial charge in [0.25, 0.3) is 0 Å².